The van der Waals surface area contributed by atoms with E-state index in [0.29, 0.717) is 58.4 Å². The maximum Gasteiger partial charge on any atom is 0.0577 e. The highest BCUT2D eigenvalue weighted by molar-refractivity contribution is 5.12. The molecule has 4 rings (SSSR count). The maximum absolute atomic E-state index is 11.7. The zero-order chi connectivity index (χ0) is 26.3. The molecule has 0 bridgehead atoms. The predicted molar refractivity (Wildman–Crippen MR) is 151 cm³/mol. The Labute approximate surface area is 223 Å². The van der Waals surface area contributed by atoms with Crippen molar-refractivity contribution in [1.82, 2.24) is 10.6 Å². The highest BCUT2D eigenvalue weighted by Crippen LogP contribution is 2.68. The minimum Gasteiger partial charge on any atom is -0.393 e. The first-order valence-corrected chi connectivity index (χ1v) is 15.8. The Hall–Kier alpha value is -0.160. The lowest BCUT2D eigenvalue weighted by Gasteiger charge is -2.62. The molecule has 11 atom stereocenters. The van der Waals surface area contributed by atoms with Crippen LogP contribution >= 0.6 is 0 Å². The average Bonchev–Trinajstić information content (AvgIpc) is 3.17. The molecule has 210 valence electrons. The third kappa shape index (κ3) is 5.58. The molecule has 0 amide bonds. The van der Waals surface area contributed by atoms with E-state index in [1.54, 1.807) is 0 Å². The lowest BCUT2D eigenvalue weighted by Crippen LogP contribution is -2.59. The van der Waals surface area contributed by atoms with Crippen molar-refractivity contribution in [3.8, 4) is 0 Å². The van der Waals surface area contributed by atoms with E-state index < -0.39 is 0 Å². The van der Waals surface area contributed by atoms with Crippen molar-refractivity contribution in [2.24, 2.45) is 52.3 Å². The van der Waals surface area contributed by atoms with Crippen molar-refractivity contribution in [1.29, 1.82) is 0 Å². The third-order valence-corrected chi connectivity index (χ3v) is 12.2. The summed E-state index contributed by atoms with van der Waals surface area (Å²) in [6.45, 7) is 18.4. The quantitative estimate of drug-likeness (QED) is 0.275. The monoisotopic (exact) mass is 504 g/mol. The van der Waals surface area contributed by atoms with Crippen molar-refractivity contribution < 1.29 is 10.2 Å². The standard InChI is InChI=1S/C32H60N2O2/c1-20(2)28(35)11-8-22(5)25-9-10-26-30-27(13-15-32(25,26)7)31(6)14-12-24(18-23(31)19-29(30)36)34-17-16-33-21(3)4/h20-30,33-36H,8-19H2,1-7H3/t22?,23-,24?,25-,26?,27?,28-,29-,30?,31+,32-/m1/s1. The van der Waals surface area contributed by atoms with Gasteiger partial charge in [-0.05, 0) is 116 Å². The Bertz CT molecular complexity index is 712. The van der Waals surface area contributed by atoms with Crippen molar-refractivity contribution >= 4 is 0 Å². The second kappa shape index (κ2) is 11.5. The summed E-state index contributed by atoms with van der Waals surface area (Å²) in [5, 5.41) is 29.5. The molecule has 0 aromatic rings. The van der Waals surface area contributed by atoms with Gasteiger partial charge in [0.25, 0.3) is 0 Å². The molecule has 0 saturated heterocycles. The van der Waals surface area contributed by atoms with Gasteiger partial charge in [0.15, 0.2) is 0 Å². The van der Waals surface area contributed by atoms with E-state index in [1.165, 1.54) is 44.9 Å². The van der Waals surface area contributed by atoms with Crippen LogP contribution in [-0.2, 0) is 0 Å². The van der Waals surface area contributed by atoms with Gasteiger partial charge in [-0.2, -0.15) is 0 Å². The zero-order valence-corrected chi connectivity index (χ0v) is 24.7. The smallest absolute Gasteiger partial charge is 0.0577 e. The molecule has 0 radical (unpaired) electrons. The predicted octanol–water partition coefficient (Wildman–Crippen LogP) is 6.01. The largest absolute Gasteiger partial charge is 0.393 e. The average molecular weight is 505 g/mol. The Balaban J connectivity index is 1.39. The summed E-state index contributed by atoms with van der Waals surface area (Å²) in [7, 11) is 0. The van der Waals surface area contributed by atoms with Crippen LogP contribution < -0.4 is 10.6 Å². The van der Waals surface area contributed by atoms with E-state index >= 15 is 0 Å². The Morgan fingerprint density at radius 2 is 1.53 bits per heavy atom. The van der Waals surface area contributed by atoms with E-state index in [4.69, 9.17) is 0 Å². The number of hydrogen-bond acceptors (Lipinski definition) is 4. The highest BCUT2D eigenvalue weighted by atomic mass is 16.3. The van der Waals surface area contributed by atoms with Gasteiger partial charge in [-0.25, -0.2) is 0 Å². The summed E-state index contributed by atoms with van der Waals surface area (Å²) in [5.41, 5.74) is 0.778. The molecule has 4 aliphatic rings. The summed E-state index contributed by atoms with van der Waals surface area (Å²) in [6.07, 6.45) is 12.0. The number of nitrogens with one attached hydrogen (secondary N) is 2. The SMILES string of the molecule is CC(C)NCCNC1CC[C@]2(C)C3CC[C@@]4(C)C(CC[C@@H]4C(C)CC[C@@H](O)C(C)C)C3[C@H](O)C[C@H]2C1. The van der Waals surface area contributed by atoms with Crippen molar-refractivity contribution in [3.63, 3.8) is 0 Å². The van der Waals surface area contributed by atoms with Crippen molar-refractivity contribution in [2.75, 3.05) is 13.1 Å². The van der Waals surface area contributed by atoms with Crippen LogP contribution in [0.2, 0.25) is 0 Å². The third-order valence-electron chi connectivity index (χ3n) is 12.2. The molecule has 4 aliphatic carbocycles. The van der Waals surface area contributed by atoms with E-state index in [1.807, 2.05) is 0 Å². The first kappa shape index (κ1) is 28.8. The first-order chi connectivity index (χ1) is 17.0. The Kier molecular flexibility index (Phi) is 9.23. The van der Waals surface area contributed by atoms with E-state index in [0.717, 1.165) is 38.3 Å². The summed E-state index contributed by atoms with van der Waals surface area (Å²) in [5.74, 6) is 4.32. The van der Waals surface area contributed by atoms with Crippen molar-refractivity contribution in [3.05, 3.63) is 0 Å². The van der Waals surface area contributed by atoms with Gasteiger partial charge in [0.1, 0.15) is 0 Å². The second-order valence-corrected chi connectivity index (χ2v) is 14.9. The van der Waals surface area contributed by atoms with Crippen LogP contribution in [0.1, 0.15) is 113 Å². The molecule has 0 aromatic carbocycles. The van der Waals surface area contributed by atoms with Gasteiger partial charge in [0.05, 0.1) is 12.2 Å². The lowest BCUT2D eigenvalue weighted by atomic mass is 9.43. The topological polar surface area (TPSA) is 64.5 Å². The summed E-state index contributed by atoms with van der Waals surface area (Å²) in [6, 6.07) is 1.17. The molecule has 0 aromatic heterocycles. The number of fused-ring (bicyclic) bond motifs is 5. The van der Waals surface area contributed by atoms with Crippen LogP contribution in [0.5, 0.6) is 0 Å². The number of rotatable bonds is 10. The fourth-order valence-corrected chi connectivity index (χ4v) is 9.99. The molecule has 0 heterocycles. The molecule has 5 unspecified atom stereocenters. The van der Waals surface area contributed by atoms with Crippen LogP contribution in [0.15, 0.2) is 0 Å². The normalized spacial score (nSPS) is 44.2. The van der Waals surface area contributed by atoms with Crippen molar-refractivity contribution in [2.45, 2.75) is 137 Å². The molecule has 0 aliphatic heterocycles. The van der Waals surface area contributed by atoms with Gasteiger partial charge in [-0.1, -0.05) is 48.5 Å². The Morgan fingerprint density at radius 3 is 2.22 bits per heavy atom. The number of aliphatic hydroxyl groups excluding tert-OH is 2. The molecular formula is C32H60N2O2. The Morgan fingerprint density at radius 1 is 0.833 bits per heavy atom. The summed E-state index contributed by atoms with van der Waals surface area (Å²) < 4.78 is 0. The zero-order valence-electron chi connectivity index (χ0n) is 24.7. The van der Waals surface area contributed by atoms with E-state index in [9.17, 15) is 10.2 Å². The van der Waals surface area contributed by atoms with Gasteiger partial charge in [-0.15, -0.1) is 0 Å². The molecule has 36 heavy (non-hydrogen) atoms. The number of aliphatic hydroxyl groups is 2. The summed E-state index contributed by atoms with van der Waals surface area (Å²) in [4.78, 5) is 0. The fraction of sp³-hybridized carbons (Fsp3) is 1.00. The minimum absolute atomic E-state index is 0.115. The van der Waals surface area contributed by atoms with Crippen LogP contribution in [0, 0.1) is 52.3 Å². The molecule has 4 fully saturated rings. The molecule has 4 nitrogen and oxygen atoms in total. The van der Waals surface area contributed by atoms with E-state index in [2.05, 4.69) is 59.1 Å². The maximum atomic E-state index is 11.7. The minimum atomic E-state index is -0.165. The van der Waals surface area contributed by atoms with Gasteiger partial charge in [-0.3, -0.25) is 0 Å². The summed E-state index contributed by atoms with van der Waals surface area (Å²) >= 11 is 0. The molecular weight excluding hydrogens is 444 g/mol. The van der Waals surface area contributed by atoms with E-state index in [-0.39, 0.29) is 12.2 Å². The van der Waals surface area contributed by atoms with Gasteiger partial charge in [0.2, 0.25) is 0 Å². The van der Waals surface area contributed by atoms with Gasteiger partial charge >= 0.3 is 0 Å². The molecule has 4 saturated carbocycles. The fourth-order valence-electron chi connectivity index (χ4n) is 9.99. The molecule has 0 spiro atoms. The molecule has 4 heteroatoms. The van der Waals surface area contributed by atoms with Crippen LogP contribution in [0.25, 0.3) is 0 Å². The van der Waals surface area contributed by atoms with Crippen LogP contribution in [0.4, 0.5) is 0 Å². The number of hydrogen-bond donors (Lipinski definition) is 4. The highest BCUT2D eigenvalue weighted by Gasteiger charge is 2.62. The lowest BCUT2D eigenvalue weighted by molar-refractivity contribution is -0.167. The van der Waals surface area contributed by atoms with Gasteiger partial charge < -0.3 is 20.8 Å². The first-order valence-electron chi connectivity index (χ1n) is 15.8. The van der Waals surface area contributed by atoms with Crippen LogP contribution in [0.3, 0.4) is 0 Å². The van der Waals surface area contributed by atoms with Gasteiger partial charge in [0, 0.05) is 25.2 Å². The molecule has 4 N–H and O–H groups in total. The van der Waals surface area contributed by atoms with Crippen LogP contribution in [-0.4, -0.2) is 47.6 Å². The second-order valence-electron chi connectivity index (χ2n) is 14.9.